The summed E-state index contributed by atoms with van der Waals surface area (Å²) < 4.78 is 25.9. The minimum absolute atomic E-state index is 0.0113. The van der Waals surface area contributed by atoms with Crippen LogP contribution in [0.1, 0.15) is 39.4 Å². The maximum Gasteiger partial charge on any atom is 0.348 e. The van der Waals surface area contributed by atoms with E-state index in [4.69, 9.17) is 23.4 Å². The fourth-order valence-corrected chi connectivity index (χ4v) is 3.12. The van der Waals surface area contributed by atoms with Crippen molar-refractivity contribution in [3.05, 3.63) is 34.4 Å². The summed E-state index contributed by atoms with van der Waals surface area (Å²) in [6.45, 7) is 6.34. The summed E-state index contributed by atoms with van der Waals surface area (Å²) >= 11 is 0. The number of benzene rings is 1. The molecule has 0 aliphatic carbocycles. The minimum Gasteiger partial charge on any atom is -0.497 e. The third kappa shape index (κ3) is 4.00. The molecule has 2 atom stereocenters. The minimum atomic E-state index is -1.05. The molecule has 1 aromatic heterocycles. The Balaban J connectivity index is 1.98. The topological polar surface area (TPSA) is 118 Å². The fourth-order valence-electron chi connectivity index (χ4n) is 3.12. The first-order chi connectivity index (χ1) is 14.0. The normalized spacial score (nSPS) is 18.6. The average Bonchev–Trinajstić information content (AvgIpc) is 2.92. The smallest absolute Gasteiger partial charge is 0.348 e. The Morgan fingerprint density at radius 2 is 1.90 bits per heavy atom. The molecule has 1 saturated heterocycles. The van der Waals surface area contributed by atoms with Crippen LogP contribution in [0.5, 0.6) is 11.5 Å². The summed E-state index contributed by atoms with van der Waals surface area (Å²) in [5.74, 6) is -2.58. The van der Waals surface area contributed by atoms with Crippen LogP contribution in [0.2, 0.25) is 0 Å². The Hall–Kier alpha value is -3.36. The largest absolute Gasteiger partial charge is 0.497 e. The maximum absolute atomic E-state index is 12.6. The van der Waals surface area contributed by atoms with Crippen LogP contribution >= 0.6 is 0 Å². The van der Waals surface area contributed by atoms with Gasteiger partial charge in [0.05, 0.1) is 7.11 Å². The third-order valence-corrected chi connectivity index (χ3v) is 4.83. The number of fused-ring (bicyclic) bond motifs is 1. The lowest BCUT2D eigenvalue weighted by Crippen LogP contribution is -2.36. The quantitative estimate of drug-likeness (QED) is 0.532. The summed E-state index contributed by atoms with van der Waals surface area (Å²) in [4.78, 5) is 48.5. The number of ether oxygens (including phenoxy) is 4. The molecule has 0 radical (unpaired) electrons. The second-order valence-corrected chi connectivity index (χ2v) is 7.75. The monoisotopic (exact) mass is 418 g/mol. The zero-order valence-electron chi connectivity index (χ0n) is 17.3. The van der Waals surface area contributed by atoms with Crippen molar-refractivity contribution in [1.29, 1.82) is 0 Å². The van der Waals surface area contributed by atoms with Crippen molar-refractivity contribution in [2.45, 2.75) is 39.7 Å². The molecule has 0 saturated carbocycles. The summed E-state index contributed by atoms with van der Waals surface area (Å²) in [6, 6.07) is 4.42. The molecule has 3 rings (SSSR count). The zero-order valence-corrected chi connectivity index (χ0v) is 17.3. The van der Waals surface area contributed by atoms with Crippen molar-refractivity contribution in [3.8, 4) is 11.5 Å². The number of rotatable bonds is 5. The van der Waals surface area contributed by atoms with Crippen LogP contribution < -0.4 is 15.1 Å². The molecule has 1 aliphatic rings. The van der Waals surface area contributed by atoms with Crippen LogP contribution in [0.3, 0.4) is 0 Å². The highest BCUT2D eigenvalue weighted by Gasteiger charge is 2.47. The van der Waals surface area contributed by atoms with Crippen LogP contribution in [-0.4, -0.2) is 37.7 Å². The van der Waals surface area contributed by atoms with Gasteiger partial charge in [0.15, 0.2) is 0 Å². The van der Waals surface area contributed by atoms with Crippen LogP contribution in [-0.2, 0) is 23.9 Å². The van der Waals surface area contributed by atoms with Gasteiger partial charge >= 0.3 is 23.5 Å². The highest BCUT2D eigenvalue weighted by atomic mass is 16.6. The van der Waals surface area contributed by atoms with E-state index in [1.807, 2.05) is 0 Å². The number of carbonyl (C=O) groups excluding carboxylic acids is 3. The van der Waals surface area contributed by atoms with E-state index in [1.54, 1.807) is 19.9 Å². The molecule has 160 valence electrons. The highest BCUT2D eigenvalue weighted by Crippen LogP contribution is 2.34. The van der Waals surface area contributed by atoms with E-state index in [0.29, 0.717) is 11.1 Å². The Bertz CT molecular complexity index is 1080. The van der Waals surface area contributed by atoms with Gasteiger partial charge in [-0.2, -0.15) is 0 Å². The first-order valence-electron chi connectivity index (χ1n) is 9.25. The Kier molecular flexibility index (Phi) is 5.56. The molecule has 0 amide bonds. The second kappa shape index (κ2) is 7.81. The molecule has 0 N–H and O–H groups in total. The maximum atomic E-state index is 12.6. The highest BCUT2D eigenvalue weighted by molar-refractivity contribution is 5.91. The SMILES string of the molecule is COc1cc(OC(C)=O)c2c(=O)oc([C@@H](C)C(=O)O[C@H]3C(=O)OCC3(C)C)cc2c1. The van der Waals surface area contributed by atoms with Crippen LogP contribution in [0.4, 0.5) is 0 Å². The van der Waals surface area contributed by atoms with E-state index >= 15 is 0 Å². The lowest BCUT2D eigenvalue weighted by atomic mass is 9.89. The molecule has 30 heavy (non-hydrogen) atoms. The van der Waals surface area contributed by atoms with Gasteiger partial charge in [-0.25, -0.2) is 9.59 Å². The molecule has 1 aliphatic heterocycles. The third-order valence-electron chi connectivity index (χ3n) is 4.83. The molecular formula is C21H22O9. The molecule has 2 heterocycles. The zero-order chi connectivity index (χ0) is 22.2. The number of hydrogen-bond donors (Lipinski definition) is 0. The van der Waals surface area contributed by atoms with Crippen molar-refractivity contribution >= 4 is 28.7 Å². The van der Waals surface area contributed by atoms with Crippen molar-refractivity contribution < 1.29 is 37.7 Å². The molecule has 2 aromatic rings. The molecule has 0 unspecified atom stereocenters. The number of cyclic esters (lactones) is 1. The van der Waals surface area contributed by atoms with Gasteiger partial charge in [-0.3, -0.25) is 9.59 Å². The molecule has 0 bridgehead atoms. The molecule has 9 nitrogen and oxygen atoms in total. The predicted molar refractivity (Wildman–Crippen MR) is 103 cm³/mol. The Labute approximate surface area is 171 Å². The average molecular weight is 418 g/mol. The number of esters is 3. The predicted octanol–water partition coefficient (Wildman–Crippen LogP) is 2.33. The Morgan fingerprint density at radius 3 is 2.47 bits per heavy atom. The van der Waals surface area contributed by atoms with Gasteiger partial charge in [0, 0.05) is 18.4 Å². The van der Waals surface area contributed by atoms with Crippen molar-refractivity contribution in [3.63, 3.8) is 0 Å². The van der Waals surface area contributed by atoms with E-state index in [-0.39, 0.29) is 23.5 Å². The second-order valence-electron chi connectivity index (χ2n) is 7.75. The van der Waals surface area contributed by atoms with Crippen LogP contribution in [0.15, 0.2) is 27.4 Å². The number of carbonyl (C=O) groups is 3. The van der Waals surface area contributed by atoms with Crippen molar-refractivity contribution in [1.82, 2.24) is 0 Å². The molecule has 1 aromatic carbocycles. The Morgan fingerprint density at radius 1 is 1.20 bits per heavy atom. The molecule has 1 fully saturated rings. The summed E-state index contributed by atoms with van der Waals surface area (Å²) in [6.07, 6.45) is -1.05. The molecular weight excluding hydrogens is 396 g/mol. The van der Waals surface area contributed by atoms with Gasteiger partial charge < -0.3 is 23.4 Å². The van der Waals surface area contributed by atoms with Gasteiger partial charge in [-0.15, -0.1) is 0 Å². The lowest BCUT2D eigenvalue weighted by molar-refractivity contribution is -0.164. The summed E-state index contributed by atoms with van der Waals surface area (Å²) in [5.41, 5.74) is -1.45. The van der Waals surface area contributed by atoms with E-state index in [9.17, 15) is 19.2 Å². The van der Waals surface area contributed by atoms with Crippen molar-refractivity contribution in [2.24, 2.45) is 5.41 Å². The van der Waals surface area contributed by atoms with Crippen molar-refractivity contribution in [2.75, 3.05) is 13.7 Å². The number of methoxy groups -OCH3 is 1. The van der Waals surface area contributed by atoms with E-state index in [0.717, 1.165) is 0 Å². The molecule has 0 spiro atoms. The lowest BCUT2D eigenvalue weighted by Gasteiger charge is -2.23. The standard InChI is InChI=1S/C21H22O9/c1-10(18(23)30-17-20(25)27-9-21(17,3)4)14-7-12-6-13(26-5)8-15(28-11(2)22)16(12)19(24)29-14/h6-8,10,17H,9H2,1-5H3/t10-,17+/m1/s1. The van der Waals surface area contributed by atoms with Crippen LogP contribution in [0.25, 0.3) is 10.8 Å². The van der Waals surface area contributed by atoms with Gasteiger partial charge in [-0.1, -0.05) is 13.8 Å². The summed E-state index contributed by atoms with van der Waals surface area (Å²) in [7, 11) is 1.42. The van der Waals surface area contributed by atoms with Gasteiger partial charge in [-0.05, 0) is 24.4 Å². The number of hydrogen-bond acceptors (Lipinski definition) is 9. The summed E-state index contributed by atoms with van der Waals surface area (Å²) in [5, 5.41) is 0.396. The van der Waals surface area contributed by atoms with E-state index < -0.39 is 41.0 Å². The van der Waals surface area contributed by atoms with Gasteiger partial charge in [0.1, 0.15) is 35.2 Å². The van der Waals surface area contributed by atoms with Gasteiger partial charge in [0.25, 0.3) is 0 Å². The van der Waals surface area contributed by atoms with E-state index in [1.165, 1.54) is 33.1 Å². The van der Waals surface area contributed by atoms with E-state index in [2.05, 4.69) is 0 Å². The first-order valence-corrected chi connectivity index (χ1v) is 9.25. The first kappa shape index (κ1) is 21.4. The van der Waals surface area contributed by atoms with Crippen LogP contribution in [0, 0.1) is 5.41 Å². The van der Waals surface area contributed by atoms with Gasteiger partial charge in [0.2, 0.25) is 6.10 Å². The fraction of sp³-hybridized carbons (Fsp3) is 0.429. The molecule has 9 heteroatoms.